The monoisotopic (exact) mass is 316 g/mol. The Morgan fingerprint density at radius 3 is 2.50 bits per heavy atom. The van der Waals surface area contributed by atoms with E-state index in [1.54, 1.807) is 23.9 Å². The van der Waals surface area contributed by atoms with Crippen LogP contribution in [0.4, 0.5) is 0 Å². The van der Waals surface area contributed by atoms with E-state index < -0.39 is 5.97 Å². The number of aliphatic hydroxyl groups is 1. The van der Waals surface area contributed by atoms with E-state index in [2.05, 4.69) is 0 Å². The standard InChI is InChI=1S/C17H16O4S/c18-9-10-21-14-4-2-6-16-13(14)8-7-11-12(17(19)20)3-1-5-15(11)22-16/h1-6,18H,7-10H2,(H,19,20). The van der Waals surface area contributed by atoms with Gasteiger partial charge in [-0.3, -0.25) is 0 Å². The summed E-state index contributed by atoms with van der Waals surface area (Å²) < 4.78 is 5.61. The quantitative estimate of drug-likeness (QED) is 0.907. The summed E-state index contributed by atoms with van der Waals surface area (Å²) in [4.78, 5) is 13.5. The third-order valence-electron chi connectivity index (χ3n) is 3.65. The lowest BCUT2D eigenvalue weighted by Gasteiger charge is -2.12. The van der Waals surface area contributed by atoms with E-state index in [1.165, 1.54) is 0 Å². The van der Waals surface area contributed by atoms with Gasteiger partial charge in [0.15, 0.2) is 0 Å². The van der Waals surface area contributed by atoms with E-state index in [9.17, 15) is 9.90 Å². The molecule has 0 spiro atoms. The number of carboxylic acids is 1. The van der Waals surface area contributed by atoms with Crippen LogP contribution in [0.1, 0.15) is 21.5 Å². The lowest BCUT2D eigenvalue weighted by Crippen LogP contribution is -2.06. The molecule has 0 unspecified atom stereocenters. The summed E-state index contributed by atoms with van der Waals surface area (Å²) in [7, 11) is 0. The number of carbonyl (C=O) groups is 1. The smallest absolute Gasteiger partial charge is 0.336 e. The largest absolute Gasteiger partial charge is 0.491 e. The Bertz CT molecular complexity index is 712. The highest BCUT2D eigenvalue weighted by Crippen LogP contribution is 2.41. The number of rotatable bonds is 4. The Kier molecular flexibility index (Phi) is 4.36. The van der Waals surface area contributed by atoms with Crippen LogP contribution in [0, 0.1) is 0 Å². The molecule has 2 aromatic carbocycles. The second-order valence-corrected chi connectivity index (χ2v) is 6.08. The SMILES string of the molecule is O=C(O)c1cccc2c1CCc1c(OCCO)cccc1S2. The molecule has 0 amide bonds. The first-order valence-electron chi connectivity index (χ1n) is 7.09. The molecule has 1 heterocycles. The normalized spacial score (nSPS) is 13.0. The molecule has 0 radical (unpaired) electrons. The molecule has 1 aliphatic rings. The predicted octanol–water partition coefficient (Wildman–Crippen LogP) is 3.01. The molecule has 0 bridgehead atoms. The first-order chi connectivity index (χ1) is 10.7. The highest BCUT2D eigenvalue weighted by atomic mass is 32.2. The van der Waals surface area contributed by atoms with Crippen LogP contribution in [0.3, 0.4) is 0 Å². The highest BCUT2D eigenvalue weighted by Gasteiger charge is 2.21. The minimum absolute atomic E-state index is 0.0276. The first kappa shape index (κ1) is 14.9. The fraction of sp³-hybridized carbons (Fsp3) is 0.235. The van der Waals surface area contributed by atoms with Gasteiger partial charge < -0.3 is 14.9 Å². The van der Waals surface area contributed by atoms with Gasteiger partial charge in [-0.25, -0.2) is 4.79 Å². The molecule has 0 saturated heterocycles. The molecule has 114 valence electrons. The lowest BCUT2D eigenvalue weighted by molar-refractivity contribution is 0.0695. The molecule has 0 aliphatic carbocycles. The average Bonchev–Trinajstić information content (AvgIpc) is 2.71. The van der Waals surface area contributed by atoms with Gasteiger partial charge in [0, 0.05) is 15.4 Å². The maximum absolute atomic E-state index is 11.4. The van der Waals surface area contributed by atoms with E-state index in [1.807, 2.05) is 24.3 Å². The molecular formula is C17H16O4S. The van der Waals surface area contributed by atoms with E-state index in [4.69, 9.17) is 9.84 Å². The summed E-state index contributed by atoms with van der Waals surface area (Å²) in [5.74, 6) is -0.121. The Balaban J connectivity index is 2.01. The van der Waals surface area contributed by atoms with Gasteiger partial charge in [-0.2, -0.15) is 0 Å². The number of hydrogen-bond donors (Lipinski definition) is 2. The summed E-state index contributed by atoms with van der Waals surface area (Å²) in [6, 6.07) is 11.2. The molecular weight excluding hydrogens is 300 g/mol. The number of benzene rings is 2. The van der Waals surface area contributed by atoms with Crippen LogP contribution in [0.15, 0.2) is 46.2 Å². The Morgan fingerprint density at radius 2 is 1.77 bits per heavy atom. The molecule has 0 aromatic heterocycles. The van der Waals surface area contributed by atoms with E-state index in [0.29, 0.717) is 12.0 Å². The molecule has 4 nitrogen and oxygen atoms in total. The molecule has 0 atom stereocenters. The second kappa shape index (κ2) is 6.42. The minimum atomic E-state index is -0.889. The van der Waals surface area contributed by atoms with Crippen LogP contribution < -0.4 is 4.74 Å². The van der Waals surface area contributed by atoms with Crippen molar-refractivity contribution in [1.29, 1.82) is 0 Å². The summed E-state index contributed by atoms with van der Waals surface area (Å²) in [6.45, 7) is 0.231. The van der Waals surface area contributed by atoms with Crippen molar-refractivity contribution in [2.75, 3.05) is 13.2 Å². The maximum Gasteiger partial charge on any atom is 0.336 e. The zero-order valence-electron chi connectivity index (χ0n) is 11.9. The number of carboxylic acid groups (broad SMARTS) is 1. The molecule has 3 rings (SSSR count). The summed E-state index contributed by atoms with van der Waals surface area (Å²) >= 11 is 1.58. The van der Waals surface area contributed by atoms with Gasteiger partial charge in [0.2, 0.25) is 0 Å². The zero-order chi connectivity index (χ0) is 15.5. The molecule has 22 heavy (non-hydrogen) atoms. The van der Waals surface area contributed by atoms with Gasteiger partial charge in [0.1, 0.15) is 12.4 Å². The van der Waals surface area contributed by atoms with Gasteiger partial charge in [-0.05, 0) is 42.7 Å². The maximum atomic E-state index is 11.4. The third-order valence-corrected chi connectivity index (χ3v) is 4.85. The van der Waals surface area contributed by atoms with E-state index in [-0.39, 0.29) is 13.2 Å². The molecule has 2 N–H and O–H groups in total. The van der Waals surface area contributed by atoms with E-state index in [0.717, 1.165) is 33.1 Å². The predicted molar refractivity (Wildman–Crippen MR) is 84.0 cm³/mol. The van der Waals surface area contributed by atoms with Gasteiger partial charge in [0.05, 0.1) is 12.2 Å². The number of hydrogen-bond acceptors (Lipinski definition) is 4. The number of aliphatic hydroxyl groups excluding tert-OH is 1. The van der Waals surface area contributed by atoms with Crippen LogP contribution in [-0.4, -0.2) is 29.4 Å². The molecule has 1 aliphatic heterocycles. The van der Waals surface area contributed by atoms with Crippen molar-refractivity contribution in [3.63, 3.8) is 0 Å². The van der Waals surface area contributed by atoms with Crippen molar-refractivity contribution in [2.45, 2.75) is 22.6 Å². The number of fused-ring (bicyclic) bond motifs is 2. The van der Waals surface area contributed by atoms with Crippen LogP contribution >= 0.6 is 11.8 Å². The highest BCUT2D eigenvalue weighted by molar-refractivity contribution is 7.99. The Labute approximate surface area is 132 Å². The summed E-state index contributed by atoms with van der Waals surface area (Å²) in [5.41, 5.74) is 2.33. The van der Waals surface area contributed by atoms with Crippen molar-refractivity contribution in [2.24, 2.45) is 0 Å². The van der Waals surface area contributed by atoms with Crippen LogP contribution in [-0.2, 0) is 12.8 Å². The lowest BCUT2D eigenvalue weighted by atomic mass is 9.99. The fourth-order valence-electron chi connectivity index (χ4n) is 2.67. The molecule has 0 saturated carbocycles. The Morgan fingerprint density at radius 1 is 1.09 bits per heavy atom. The van der Waals surface area contributed by atoms with Gasteiger partial charge in [-0.15, -0.1) is 0 Å². The van der Waals surface area contributed by atoms with Crippen molar-refractivity contribution in [3.05, 3.63) is 53.1 Å². The van der Waals surface area contributed by atoms with Crippen molar-refractivity contribution in [1.82, 2.24) is 0 Å². The zero-order valence-corrected chi connectivity index (χ0v) is 12.7. The first-order valence-corrected chi connectivity index (χ1v) is 7.91. The van der Waals surface area contributed by atoms with E-state index >= 15 is 0 Å². The number of ether oxygens (including phenoxy) is 1. The van der Waals surface area contributed by atoms with Crippen molar-refractivity contribution in [3.8, 4) is 5.75 Å². The van der Waals surface area contributed by atoms with Gasteiger partial charge in [-0.1, -0.05) is 23.9 Å². The third kappa shape index (κ3) is 2.82. The van der Waals surface area contributed by atoms with Crippen LogP contribution in [0.2, 0.25) is 0 Å². The summed E-state index contributed by atoms with van der Waals surface area (Å²) in [6.07, 6.45) is 1.39. The Hall–Kier alpha value is -1.98. The topological polar surface area (TPSA) is 66.8 Å². The van der Waals surface area contributed by atoms with Crippen molar-refractivity contribution < 1.29 is 19.7 Å². The van der Waals surface area contributed by atoms with Crippen LogP contribution in [0.5, 0.6) is 5.75 Å². The summed E-state index contributed by atoms with van der Waals surface area (Å²) in [5, 5.41) is 18.3. The van der Waals surface area contributed by atoms with Gasteiger partial charge in [0.25, 0.3) is 0 Å². The fourth-order valence-corrected chi connectivity index (χ4v) is 3.86. The second-order valence-electron chi connectivity index (χ2n) is 4.99. The average molecular weight is 316 g/mol. The number of aromatic carboxylic acids is 1. The van der Waals surface area contributed by atoms with Crippen molar-refractivity contribution >= 4 is 17.7 Å². The van der Waals surface area contributed by atoms with Crippen LogP contribution in [0.25, 0.3) is 0 Å². The molecule has 5 heteroatoms. The minimum Gasteiger partial charge on any atom is -0.491 e. The molecule has 0 fully saturated rings. The van der Waals surface area contributed by atoms with Gasteiger partial charge >= 0.3 is 5.97 Å². The molecule has 2 aromatic rings.